The number of rotatable bonds is 2. The van der Waals surface area contributed by atoms with Crippen LogP contribution < -0.4 is 0 Å². The van der Waals surface area contributed by atoms with Crippen LogP contribution in [-0.2, 0) is 17.9 Å². The summed E-state index contributed by atoms with van der Waals surface area (Å²) in [6.07, 6.45) is 0.753. The highest BCUT2D eigenvalue weighted by atomic mass is 16.4. The van der Waals surface area contributed by atoms with Crippen LogP contribution in [0.1, 0.15) is 17.5 Å². The van der Waals surface area contributed by atoms with E-state index in [-0.39, 0.29) is 5.92 Å². The van der Waals surface area contributed by atoms with Gasteiger partial charge < -0.3 is 5.11 Å². The molecule has 0 bridgehead atoms. The predicted molar refractivity (Wildman–Crippen MR) is 80.5 cm³/mol. The van der Waals surface area contributed by atoms with Crippen molar-refractivity contribution in [1.29, 1.82) is 0 Å². The second kappa shape index (κ2) is 4.83. The molecule has 1 unspecified atom stereocenters. The van der Waals surface area contributed by atoms with E-state index in [0.717, 1.165) is 26.1 Å². The molecule has 0 spiro atoms. The Hall–Kier alpha value is -1.91. The van der Waals surface area contributed by atoms with E-state index in [2.05, 4.69) is 46.4 Å². The molecule has 4 rings (SSSR count). The fraction of sp³-hybridized carbons (Fsp3) is 0.353. The normalized spacial score (nSPS) is 22.8. The third-order valence-corrected chi connectivity index (χ3v) is 4.75. The highest BCUT2D eigenvalue weighted by Crippen LogP contribution is 2.32. The van der Waals surface area contributed by atoms with Crippen molar-refractivity contribution < 1.29 is 9.90 Å². The van der Waals surface area contributed by atoms with E-state index in [9.17, 15) is 4.79 Å². The van der Waals surface area contributed by atoms with Gasteiger partial charge in [0.15, 0.2) is 0 Å². The minimum Gasteiger partial charge on any atom is -0.481 e. The Kier molecular flexibility index (Phi) is 2.94. The van der Waals surface area contributed by atoms with Gasteiger partial charge in [-0.25, -0.2) is 10.0 Å². The molecule has 1 fully saturated rings. The Morgan fingerprint density at radius 1 is 1.10 bits per heavy atom. The van der Waals surface area contributed by atoms with Crippen molar-refractivity contribution in [2.45, 2.75) is 19.5 Å². The molecule has 0 amide bonds. The Morgan fingerprint density at radius 3 is 2.76 bits per heavy atom. The summed E-state index contributed by atoms with van der Waals surface area (Å²) in [5.41, 5.74) is 2.76. The first-order valence-corrected chi connectivity index (χ1v) is 7.44. The van der Waals surface area contributed by atoms with Crippen molar-refractivity contribution in [3.63, 3.8) is 0 Å². The lowest BCUT2D eigenvalue weighted by Gasteiger charge is -2.27. The van der Waals surface area contributed by atoms with E-state index >= 15 is 0 Å². The van der Waals surface area contributed by atoms with Gasteiger partial charge in [0.2, 0.25) is 0 Å². The summed E-state index contributed by atoms with van der Waals surface area (Å²) < 4.78 is 0. The van der Waals surface area contributed by atoms with Gasteiger partial charge in [-0.15, -0.1) is 0 Å². The smallest absolute Gasteiger partial charge is 0.307 e. The molecule has 2 aliphatic rings. The summed E-state index contributed by atoms with van der Waals surface area (Å²) in [7, 11) is 0. The summed E-state index contributed by atoms with van der Waals surface area (Å²) >= 11 is 0. The molecule has 0 radical (unpaired) electrons. The fourth-order valence-electron chi connectivity index (χ4n) is 3.55. The maximum Gasteiger partial charge on any atom is 0.307 e. The first-order chi connectivity index (χ1) is 10.2. The maximum absolute atomic E-state index is 11.1. The number of aliphatic carboxylic acids is 1. The molecule has 2 heterocycles. The lowest BCUT2D eigenvalue weighted by Crippen LogP contribution is -2.37. The number of benzene rings is 2. The molecule has 4 nitrogen and oxygen atoms in total. The van der Waals surface area contributed by atoms with E-state index in [0.29, 0.717) is 6.54 Å². The SMILES string of the molecule is O=C(O)C1CCN(N2Cc3ccc4ccccc4c3C2)C1. The quantitative estimate of drug-likeness (QED) is 0.919. The van der Waals surface area contributed by atoms with Crippen LogP contribution in [-0.4, -0.2) is 34.2 Å². The van der Waals surface area contributed by atoms with Crippen molar-refractivity contribution in [3.8, 4) is 0 Å². The van der Waals surface area contributed by atoms with E-state index in [4.69, 9.17) is 5.11 Å². The second-order valence-corrected chi connectivity index (χ2v) is 5.98. The van der Waals surface area contributed by atoms with Gasteiger partial charge in [-0.3, -0.25) is 4.79 Å². The van der Waals surface area contributed by atoms with E-state index in [1.54, 1.807) is 0 Å². The molecule has 0 aromatic heterocycles. The molecule has 1 N–H and O–H groups in total. The van der Waals surface area contributed by atoms with E-state index in [1.165, 1.54) is 21.9 Å². The summed E-state index contributed by atoms with van der Waals surface area (Å²) in [4.78, 5) is 11.1. The minimum absolute atomic E-state index is 0.217. The summed E-state index contributed by atoms with van der Waals surface area (Å²) in [5.74, 6) is -0.884. The summed E-state index contributed by atoms with van der Waals surface area (Å²) in [6, 6.07) is 12.9. The molecule has 1 saturated heterocycles. The van der Waals surface area contributed by atoms with Crippen molar-refractivity contribution in [3.05, 3.63) is 47.5 Å². The first-order valence-electron chi connectivity index (χ1n) is 7.44. The zero-order valence-corrected chi connectivity index (χ0v) is 11.8. The number of hydrogen-bond acceptors (Lipinski definition) is 3. The average Bonchev–Trinajstić information content (AvgIpc) is 3.13. The standard InChI is InChI=1S/C17H18N2O2/c20-17(21)14-7-8-18(10-14)19-9-13-6-5-12-3-1-2-4-15(12)16(13)11-19/h1-6,14H,7-11H2,(H,20,21). The van der Waals surface area contributed by atoms with Gasteiger partial charge in [-0.1, -0.05) is 36.4 Å². The van der Waals surface area contributed by atoms with Gasteiger partial charge in [0.05, 0.1) is 5.92 Å². The molecule has 4 heteroatoms. The average molecular weight is 282 g/mol. The third kappa shape index (κ3) is 2.11. The number of nitrogens with zero attached hydrogens (tertiary/aromatic N) is 2. The van der Waals surface area contributed by atoms with Crippen molar-refractivity contribution in [2.75, 3.05) is 13.1 Å². The van der Waals surface area contributed by atoms with Crippen molar-refractivity contribution >= 4 is 16.7 Å². The Bertz CT molecular complexity index is 713. The maximum atomic E-state index is 11.1. The molecule has 1 atom stereocenters. The fourth-order valence-corrected chi connectivity index (χ4v) is 3.55. The predicted octanol–water partition coefficient (Wildman–Crippen LogP) is 2.48. The summed E-state index contributed by atoms with van der Waals surface area (Å²) in [6.45, 7) is 3.28. The van der Waals surface area contributed by atoms with Crippen LogP contribution >= 0.6 is 0 Å². The lowest BCUT2D eigenvalue weighted by atomic mass is 10.0. The Balaban J connectivity index is 1.60. The van der Waals surface area contributed by atoms with Crippen LogP contribution in [0, 0.1) is 5.92 Å². The Labute approximate surface area is 123 Å². The highest BCUT2D eigenvalue weighted by molar-refractivity contribution is 5.87. The molecule has 2 aromatic rings. The zero-order chi connectivity index (χ0) is 14.4. The van der Waals surface area contributed by atoms with Gasteiger partial charge in [0, 0.05) is 26.2 Å². The van der Waals surface area contributed by atoms with Crippen LogP contribution in [0.4, 0.5) is 0 Å². The van der Waals surface area contributed by atoms with Crippen LogP contribution in [0.3, 0.4) is 0 Å². The molecule has 0 saturated carbocycles. The zero-order valence-electron chi connectivity index (χ0n) is 11.8. The van der Waals surface area contributed by atoms with Crippen LogP contribution in [0.15, 0.2) is 36.4 Å². The number of carbonyl (C=O) groups is 1. The van der Waals surface area contributed by atoms with Crippen LogP contribution in [0.25, 0.3) is 10.8 Å². The van der Waals surface area contributed by atoms with Gasteiger partial charge >= 0.3 is 5.97 Å². The van der Waals surface area contributed by atoms with Crippen molar-refractivity contribution in [1.82, 2.24) is 10.0 Å². The number of hydrogen-bond donors (Lipinski definition) is 1. The third-order valence-electron chi connectivity index (χ3n) is 4.75. The number of carboxylic acid groups (broad SMARTS) is 1. The monoisotopic (exact) mass is 282 g/mol. The second-order valence-electron chi connectivity index (χ2n) is 5.98. The molecular weight excluding hydrogens is 264 g/mol. The summed E-state index contributed by atoms with van der Waals surface area (Å²) in [5, 5.41) is 16.3. The lowest BCUT2D eigenvalue weighted by molar-refractivity contribution is -0.141. The molecule has 108 valence electrons. The molecule has 21 heavy (non-hydrogen) atoms. The van der Waals surface area contributed by atoms with Gasteiger partial charge in [-0.05, 0) is 28.3 Å². The van der Waals surface area contributed by atoms with E-state index in [1.807, 2.05) is 0 Å². The molecular formula is C17H18N2O2. The largest absolute Gasteiger partial charge is 0.481 e. The molecule has 2 aromatic carbocycles. The first kappa shape index (κ1) is 12.8. The van der Waals surface area contributed by atoms with Crippen molar-refractivity contribution in [2.24, 2.45) is 5.92 Å². The topological polar surface area (TPSA) is 43.8 Å². The Morgan fingerprint density at radius 2 is 1.95 bits per heavy atom. The number of hydrazine groups is 1. The molecule has 0 aliphatic carbocycles. The van der Waals surface area contributed by atoms with Gasteiger partial charge in [0.1, 0.15) is 0 Å². The van der Waals surface area contributed by atoms with Crippen LogP contribution in [0.5, 0.6) is 0 Å². The van der Waals surface area contributed by atoms with E-state index < -0.39 is 5.97 Å². The number of carboxylic acids is 1. The molecule has 2 aliphatic heterocycles. The van der Waals surface area contributed by atoms with Crippen LogP contribution in [0.2, 0.25) is 0 Å². The van der Waals surface area contributed by atoms with Gasteiger partial charge in [-0.2, -0.15) is 0 Å². The minimum atomic E-state index is -0.667. The van der Waals surface area contributed by atoms with Gasteiger partial charge in [0.25, 0.3) is 0 Å². The number of fused-ring (bicyclic) bond motifs is 3. The highest BCUT2D eigenvalue weighted by Gasteiger charge is 2.34.